The van der Waals surface area contributed by atoms with E-state index in [1.54, 1.807) is 0 Å². The zero-order chi connectivity index (χ0) is 16.8. The monoisotopic (exact) mass is 339 g/mol. The molecule has 0 aromatic heterocycles. The summed E-state index contributed by atoms with van der Waals surface area (Å²) in [5, 5.41) is 2.87. The molecule has 0 saturated carbocycles. The molecule has 0 atom stereocenters. The van der Waals surface area contributed by atoms with Crippen LogP contribution in [0.4, 0.5) is 8.78 Å². The van der Waals surface area contributed by atoms with Crippen molar-refractivity contribution >= 4 is 23.5 Å². The maximum absolute atomic E-state index is 13.0. The highest BCUT2D eigenvalue weighted by Gasteiger charge is 2.10. The summed E-state index contributed by atoms with van der Waals surface area (Å²) in [6, 6.07) is 8.93. The van der Waals surface area contributed by atoms with E-state index in [4.69, 9.17) is 16.3 Å². The van der Waals surface area contributed by atoms with Gasteiger partial charge in [-0.3, -0.25) is 4.79 Å². The average molecular weight is 340 g/mol. The number of carbonyl (C=O) groups excluding carboxylic acids is 2. The van der Waals surface area contributed by atoms with Crippen LogP contribution >= 0.6 is 11.6 Å². The predicted molar refractivity (Wildman–Crippen MR) is 79.9 cm³/mol. The number of halogens is 3. The number of carbonyl (C=O) groups is 2. The van der Waals surface area contributed by atoms with Crippen molar-refractivity contribution in [1.29, 1.82) is 0 Å². The summed E-state index contributed by atoms with van der Waals surface area (Å²) >= 11 is 5.70. The first-order valence-corrected chi connectivity index (χ1v) is 6.96. The van der Waals surface area contributed by atoms with Crippen LogP contribution in [0.1, 0.15) is 15.9 Å². The molecule has 0 spiro atoms. The maximum Gasteiger partial charge on any atom is 0.338 e. The van der Waals surface area contributed by atoms with Crippen molar-refractivity contribution in [2.45, 2.75) is 6.54 Å². The molecule has 0 fully saturated rings. The van der Waals surface area contributed by atoms with E-state index in [0.717, 1.165) is 18.2 Å². The van der Waals surface area contributed by atoms with E-state index < -0.39 is 30.1 Å². The third-order valence-electron chi connectivity index (χ3n) is 2.83. The van der Waals surface area contributed by atoms with E-state index in [2.05, 4.69) is 5.32 Å². The van der Waals surface area contributed by atoms with Crippen LogP contribution in [0.2, 0.25) is 5.02 Å². The van der Waals surface area contributed by atoms with Gasteiger partial charge in [-0.05, 0) is 42.0 Å². The first kappa shape index (κ1) is 16.9. The highest BCUT2D eigenvalue weighted by molar-refractivity contribution is 6.30. The molecule has 2 rings (SSSR count). The van der Waals surface area contributed by atoms with Gasteiger partial charge in [0.25, 0.3) is 5.91 Å². The molecule has 7 heteroatoms. The molecule has 1 amide bonds. The second-order valence-electron chi connectivity index (χ2n) is 4.64. The van der Waals surface area contributed by atoms with Crippen LogP contribution in [0.25, 0.3) is 0 Å². The molecule has 120 valence electrons. The lowest BCUT2D eigenvalue weighted by Gasteiger charge is -2.07. The van der Waals surface area contributed by atoms with E-state index >= 15 is 0 Å². The van der Waals surface area contributed by atoms with Crippen LogP contribution < -0.4 is 5.32 Å². The quantitative estimate of drug-likeness (QED) is 0.852. The third kappa shape index (κ3) is 5.34. The Hall–Kier alpha value is -2.47. The predicted octanol–water partition coefficient (Wildman–Crippen LogP) is 3.09. The molecule has 2 aromatic carbocycles. The van der Waals surface area contributed by atoms with Crippen LogP contribution in [-0.2, 0) is 16.1 Å². The number of nitrogens with one attached hydrogen (secondary N) is 1. The number of hydrogen-bond donors (Lipinski definition) is 1. The van der Waals surface area contributed by atoms with Crippen molar-refractivity contribution in [2.75, 3.05) is 6.61 Å². The summed E-state index contributed by atoms with van der Waals surface area (Å²) in [6.07, 6.45) is 0. The van der Waals surface area contributed by atoms with Crippen molar-refractivity contribution in [3.63, 3.8) is 0 Å². The van der Waals surface area contributed by atoms with E-state index in [1.165, 1.54) is 24.3 Å². The zero-order valence-corrected chi connectivity index (χ0v) is 12.6. The van der Waals surface area contributed by atoms with Crippen LogP contribution in [0.5, 0.6) is 0 Å². The molecule has 0 aliphatic heterocycles. The molecule has 0 saturated heterocycles. The topological polar surface area (TPSA) is 55.4 Å². The van der Waals surface area contributed by atoms with Crippen LogP contribution in [0.15, 0.2) is 42.5 Å². The van der Waals surface area contributed by atoms with Crippen molar-refractivity contribution < 1.29 is 23.1 Å². The Labute approximate surface area is 136 Å². The van der Waals surface area contributed by atoms with Gasteiger partial charge in [-0.25, -0.2) is 13.6 Å². The molecule has 1 N–H and O–H groups in total. The Balaban J connectivity index is 1.80. The SMILES string of the molecule is O=C(COC(=O)c1ccc(Cl)cc1)NCc1cc(F)cc(F)c1. The fraction of sp³-hybridized carbons (Fsp3) is 0.125. The van der Waals surface area contributed by atoms with Gasteiger partial charge in [0, 0.05) is 17.6 Å². The highest BCUT2D eigenvalue weighted by Crippen LogP contribution is 2.10. The molecule has 23 heavy (non-hydrogen) atoms. The number of benzene rings is 2. The van der Waals surface area contributed by atoms with Gasteiger partial charge in [-0.1, -0.05) is 11.6 Å². The van der Waals surface area contributed by atoms with Crippen LogP contribution in [0.3, 0.4) is 0 Å². The molecule has 0 aliphatic rings. The normalized spacial score (nSPS) is 10.2. The molecule has 4 nitrogen and oxygen atoms in total. The smallest absolute Gasteiger partial charge is 0.338 e. The average Bonchev–Trinajstić information content (AvgIpc) is 2.50. The summed E-state index contributed by atoms with van der Waals surface area (Å²) in [5.74, 6) is -2.72. The number of hydrogen-bond acceptors (Lipinski definition) is 3. The summed E-state index contributed by atoms with van der Waals surface area (Å²) in [4.78, 5) is 23.3. The molecular formula is C16H12ClF2NO3. The molecule has 0 bridgehead atoms. The Morgan fingerprint density at radius 3 is 2.26 bits per heavy atom. The minimum Gasteiger partial charge on any atom is -0.452 e. The van der Waals surface area contributed by atoms with E-state index in [1.807, 2.05) is 0 Å². The van der Waals surface area contributed by atoms with Gasteiger partial charge in [0.1, 0.15) is 11.6 Å². The minimum atomic E-state index is -0.733. The van der Waals surface area contributed by atoms with Crippen LogP contribution in [0, 0.1) is 11.6 Å². The third-order valence-corrected chi connectivity index (χ3v) is 3.08. The molecule has 0 heterocycles. The second kappa shape index (κ2) is 7.69. The minimum absolute atomic E-state index is 0.0774. The van der Waals surface area contributed by atoms with Crippen LogP contribution in [-0.4, -0.2) is 18.5 Å². The van der Waals surface area contributed by atoms with Crippen molar-refractivity contribution in [1.82, 2.24) is 5.32 Å². The van der Waals surface area contributed by atoms with Gasteiger partial charge in [0.2, 0.25) is 0 Å². The maximum atomic E-state index is 13.0. The van der Waals surface area contributed by atoms with Crippen molar-refractivity contribution in [3.05, 3.63) is 70.2 Å². The van der Waals surface area contributed by atoms with Gasteiger partial charge in [0.05, 0.1) is 5.56 Å². The lowest BCUT2D eigenvalue weighted by atomic mass is 10.2. The van der Waals surface area contributed by atoms with E-state index in [9.17, 15) is 18.4 Å². The van der Waals surface area contributed by atoms with Gasteiger partial charge >= 0.3 is 5.97 Å². The number of ether oxygens (including phenoxy) is 1. The largest absolute Gasteiger partial charge is 0.452 e. The summed E-state index contributed by atoms with van der Waals surface area (Å²) in [7, 11) is 0. The number of rotatable bonds is 5. The first-order valence-electron chi connectivity index (χ1n) is 6.58. The molecule has 0 radical (unpaired) electrons. The number of esters is 1. The molecule has 0 aliphatic carbocycles. The van der Waals surface area contributed by atoms with Crippen molar-refractivity contribution in [3.8, 4) is 0 Å². The van der Waals surface area contributed by atoms with E-state index in [0.29, 0.717) is 5.02 Å². The summed E-state index contributed by atoms with van der Waals surface area (Å²) in [5.41, 5.74) is 0.522. The summed E-state index contributed by atoms with van der Waals surface area (Å²) in [6.45, 7) is -0.578. The fourth-order valence-electron chi connectivity index (χ4n) is 1.77. The molecular weight excluding hydrogens is 328 g/mol. The first-order chi connectivity index (χ1) is 10.9. The van der Waals surface area contributed by atoms with Gasteiger partial charge in [-0.2, -0.15) is 0 Å². The second-order valence-corrected chi connectivity index (χ2v) is 5.07. The Bertz CT molecular complexity index is 700. The highest BCUT2D eigenvalue weighted by atomic mass is 35.5. The Kier molecular flexibility index (Phi) is 5.65. The Morgan fingerprint density at radius 1 is 1.04 bits per heavy atom. The Morgan fingerprint density at radius 2 is 1.65 bits per heavy atom. The molecule has 0 unspecified atom stereocenters. The lowest BCUT2D eigenvalue weighted by molar-refractivity contribution is -0.124. The lowest BCUT2D eigenvalue weighted by Crippen LogP contribution is -2.28. The van der Waals surface area contributed by atoms with Crippen molar-refractivity contribution in [2.24, 2.45) is 0 Å². The summed E-state index contributed by atoms with van der Waals surface area (Å²) < 4.78 is 30.8. The molecule has 2 aromatic rings. The van der Waals surface area contributed by atoms with Gasteiger partial charge < -0.3 is 10.1 Å². The number of amides is 1. The standard InChI is InChI=1S/C16H12ClF2NO3/c17-12-3-1-11(2-4-12)16(22)23-9-15(21)20-8-10-5-13(18)7-14(19)6-10/h1-7H,8-9H2,(H,20,21). The fourth-order valence-corrected chi connectivity index (χ4v) is 1.89. The zero-order valence-electron chi connectivity index (χ0n) is 11.8. The van der Waals surface area contributed by atoms with Gasteiger partial charge in [-0.15, -0.1) is 0 Å². The van der Waals surface area contributed by atoms with E-state index in [-0.39, 0.29) is 17.7 Å². The van der Waals surface area contributed by atoms with Gasteiger partial charge in [0.15, 0.2) is 6.61 Å².